The van der Waals surface area contributed by atoms with Gasteiger partial charge in [-0.25, -0.2) is 0 Å². The van der Waals surface area contributed by atoms with Gasteiger partial charge in [0.2, 0.25) is 11.8 Å². The topological polar surface area (TPSA) is 108 Å². The van der Waals surface area contributed by atoms with Gasteiger partial charge in [-0.15, -0.1) is 0 Å². The van der Waals surface area contributed by atoms with Crippen LogP contribution in [0.1, 0.15) is 64.8 Å². The van der Waals surface area contributed by atoms with Gasteiger partial charge in [0.1, 0.15) is 6.04 Å². The lowest BCUT2D eigenvalue weighted by Gasteiger charge is -2.27. The molecule has 2 saturated heterocycles. The number of nitrogens with one attached hydrogen (secondary N) is 3. The van der Waals surface area contributed by atoms with Crippen LogP contribution in [0, 0.1) is 0 Å². The van der Waals surface area contributed by atoms with Crippen LogP contribution in [0.3, 0.4) is 0 Å². The number of unbranched alkanes of at least 4 members (excludes halogenated alkanes) is 1. The molecular weight excluding hydrogens is 384 g/mol. The molecule has 0 saturated carbocycles. The molecule has 0 aliphatic carbocycles. The molecular formula is C22H28N4O4. The second-order valence-corrected chi connectivity index (χ2v) is 8.22. The van der Waals surface area contributed by atoms with Gasteiger partial charge in [0.05, 0.1) is 11.1 Å². The van der Waals surface area contributed by atoms with Crippen LogP contribution in [-0.4, -0.2) is 60.2 Å². The first kappa shape index (κ1) is 20.7. The van der Waals surface area contributed by atoms with Crippen LogP contribution < -0.4 is 16.0 Å². The van der Waals surface area contributed by atoms with E-state index in [1.165, 1.54) is 0 Å². The maximum Gasteiger partial charge on any atom is 0.262 e. The Hall–Kier alpha value is -2.58. The Labute approximate surface area is 175 Å². The Morgan fingerprint density at radius 1 is 1.00 bits per heavy atom. The van der Waals surface area contributed by atoms with E-state index in [2.05, 4.69) is 16.0 Å². The number of imide groups is 2. The third kappa shape index (κ3) is 4.15. The number of amides is 4. The first-order valence-electron chi connectivity index (χ1n) is 10.8. The third-order valence-corrected chi connectivity index (χ3v) is 6.20. The molecule has 8 nitrogen and oxygen atoms in total. The summed E-state index contributed by atoms with van der Waals surface area (Å²) in [6, 6.07) is 4.98. The SMILES string of the molecule is O=C1CCC(N2C(=O)c3cccc(CCCCNC4CCNCC4)c3C2=O)C(=O)N1. The average Bonchev–Trinajstić information content (AvgIpc) is 3.00. The van der Waals surface area contributed by atoms with Crippen molar-refractivity contribution in [2.24, 2.45) is 0 Å². The molecule has 4 rings (SSSR count). The lowest BCUT2D eigenvalue weighted by atomic mass is 9.98. The number of carbonyl (C=O) groups excluding carboxylic acids is 4. The van der Waals surface area contributed by atoms with Crippen molar-refractivity contribution in [1.82, 2.24) is 20.9 Å². The highest BCUT2D eigenvalue weighted by atomic mass is 16.2. The van der Waals surface area contributed by atoms with Crippen LogP contribution in [-0.2, 0) is 16.0 Å². The Bertz CT molecular complexity index is 863. The van der Waals surface area contributed by atoms with E-state index in [4.69, 9.17) is 0 Å². The predicted octanol–water partition coefficient (Wildman–Crippen LogP) is 0.752. The van der Waals surface area contributed by atoms with Gasteiger partial charge in [0.15, 0.2) is 0 Å². The molecule has 3 aliphatic heterocycles. The predicted molar refractivity (Wildman–Crippen MR) is 110 cm³/mol. The van der Waals surface area contributed by atoms with Crippen molar-refractivity contribution in [3.8, 4) is 0 Å². The van der Waals surface area contributed by atoms with E-state index in [0.717, 1.165) is 55.8 Å². The third-order valence-electron chi connectivity index (χ3n) is 6.20. The molecule has 1 atom stereocenters. The van der Waals surface area contributed by atoms with Crippen LogP contribution in [0.15, 0.2) is 18.2 Å². The standard InChI is InChI=1S/C22H28N4O4/c27-18-8-7-17(20(28)25-18)26-21(29)16-6-3-5-14(19(16)22(26)30)4-1-2-11-24-15-9-12-23-13-10-15/h3,5-6,15,17,23-24H,1-2,4,7-13H2,(H,25,27,28). The minimum absolute atomic E-state index is 0.126. The second-order valence-electron chi connectivity index (χ2n) is 8.22. The molecule has 0 spiro atoms. The average molecular weight is 412 g/mol. The molecule has 3 N–H and O–H groups in total. The molecule has 2 fully saturated rings. The highest BCUT2D eigenvalue weighted by Crippen LogP contribution is 2.30. The molecule has 4 amide bonds. The summed E-state index contributed by atoms with van der Waals surface area (Å²) >= 11 is 0. The molecule has 0 aromatic heterocycles. The number of hydrogen-bond acceptors (Lipinski definition) is 6. The lowest BCUT2D eigenvalue weighted by molar-refractivity contribution is -0.136. The molecule has 3 aliphatic rings. The zero-order chi connectivity index (χ0) is 21.1. The highest BCUT2D eigenvalue weighted by molar-refractivity contribution is 6.24. The van der Waals surface area contributed by atoms with E-state index < -0.39 is 23.8 Å². The molecule has 30 heavy (non-hydrogen) atoms. The van der Waals surface area contributed by atoms with Gasteiger partial charge in [-0.1, -0.05) is 12.1 Å². The van der Waals surface area contributed by atoms with Crippen LogP contribution >= 0.6 is 0 Å². The largest absolute Gasteiger partial charge is 0.317 e. The summed E-state index contributed by atoms with van der Waals surface area (Å²) in [5, 5.41) is 9.18. The monoisotopic (exact) mass is 412 g/mol. The summed E-state index contributed by atoms with van der Waals surface area (Å²) in [7, 11) is 0. The Kier molecular flexibility index (Phi) is 6.24. The van der Waals surface area contributed by atoms with Crippen molar-refractivity contribution >= 4 is 23.6 Å². The first-order valence-corrected chi connectivity index (χ1v) is 10.8. The quantitative estimate of drug-likeness (QED) is 0.451. The second kappa shape index (κ2) is 9.06. The number of benzene rings is 1. The fourth-order valence-electron chi connectivity index (χ4n) is 4.57. The van der Waals surface area contributed by atoms with Gasteiger partial charge in [-0.2, -0.15) is 0 Å². The first-order chi connectivity index (χ1) is 14.6. The zero-order valence-corrected chi connectivity index (χ0v) is 17.0. The summed E-state index contributed by atoms with van der Waals surface area (Å²) in [5.41, 5.74) is 1.62. The fraction of sp³-hybridized carbons (Fsp3) is 0.545. The molecule has 1 aromatic rings. The summed E-state index contributed by atoms with van der Waals surface area (Å²) in [6.45, 7) is 3.07. The maximum absolute atomic E-state index is 13.1. The van der Waals surface area contributed by atoms with Gasteiger partial charge in [-0.05, 0) is 69.8 Å². The number of rotatable bonds is 7. The molecule has 0 radical (unpaired) electrons. The smallest absolute Gasteiger partial charge is 0.262 e. The van der Waals surface area contributed by atoms with Crippen molar-refractivity contribution in [3.63, 3.8) is 0 Å². The van der Waals surface area contributed by atoms with E-state index in [-0.39, 0.29) is 18.7 Å². The van der Waals surface area contributed by atoms with Crippen LogP contribution in [0.5, 0.6) is 0 Å². The lowest BCUT2D eigenvalue weighted by Crippen LogP contribution is -2.54. The van der Waals surface area contributed by atoms with E-state index >= 15 is 0 Å². The molecule has 1 aromatic carbocycles. The molecule has 8 heteroatoms. The Balaban J connectivity index is 1.38. The van der Waals surface area contributed by atoms with Gasteiger partial charge in [0, 0.05) is 12.5 Å². The number of fused-ring (bicyclic) bond motifs is 1. The van der Waals surface area contributed by atoms with Crippen molar-refractivity contribution in [3.05, 3.63) is 34.9 Å². The number of aryl methyl sites for hydroxylation is 1. The van der Waals surface area contributed by atoms with Crippen LogP contribution in [0.2, 0.25) is 0 Å². The zero-order valence-electron chi connectivity index (χ0n) is 17.0. The summed E-state index contributed by atoms with van der Waals surface area (Å²) in [6.07, 6.45) is 5.21. The maximum atomic E-state index is 13.1. The van der Waals surface area contributed by atoms with Crippen molar-refractivity contribution in [2.45, 2.75) is 57.0 Å². The van der Waals surface area contributed by atoms with Crippen molar-refractivity contribution in [2.75, 3.05) is 19.6 Å². The number of carbonyl (C=O) groups is 4. The van der Waals surface area contributed by atoms with E-state index in [1.54, 1.807) is 12.1 Å². The summed E-state index contributed by atoms with van der Waals surface area (Å²) in [4.78, 5) is 50.6. The van der Waals surface area contributed by atoms with Gasteiger partial charge in [-0.3, -0.25) is 29.4 Å². The number of nitrogens with zero attached hydrogens (tertiary/aromatic N) is 1. The van der Waals surface area contributed by atoms with Crippen LogP contribution in [0.25, 0.3) is 0 Å². The van der Waals surface area contributed by atoms with Crippen LogP contribution in [0.4, 0.5) is 0 Å². The minimum Gasteiger partial charge on any atom is -0.317 e. The van der Waals surface area contributed by atoms with Gasteiger partial charge in [0.25, 0.3) is 11.8 Å². The molecule has 0 bridgehead atoms. The Morgan fingerprint density at radius 3 is 2.57 bits per heavy atom. The van der Waals surface area contributed by atoms with E-state index in [9.17, 15) is 19.2 Å². The molecule has 3 heterocycles. The van der Waals surface area contributed by atoms with Gasteiger partial charge >= 0.3 is 0 Å². The summed E-state index contributed by atoms with van der Waals surface area (Å²) in [5.74, 6) is -1.82. The van der Waals surface area contributed by atoms with Gasteiger partial charge < -0.3 is 10.6 Å². The fourth-order valence-corrected chi connectivity index (χ4v) is 4.57. The molecule has 1 unspecified atom stereocenters. The molecule has 160 valence electrons. The van der Waals surface area contributed by atoms with Crippen molar-refractivity contribution < 1.29 is 19.2 Å². The van der Waals surface area contributed by atoms with E-state index in [1.807, 2.05) is 6.07 Å². The Morgan fingerprint density at radius 2 is 1.80 bits per heavy atom. The number of hydrogen-bond donors (Lipinski definition) is 3. The normalized spacial score (nSPS) is 22.4. The van der Waals surface area contributed by atoms with E-state index in [0.29, 0.717) is 23.6 Å². The minimum atomic E-state index is -0.919. The van der Waals surface area contributed by atoms with Crippen molar-refractivity contribution in [1.29, 1.82) is 0 Å². The highest BCUT2D eigenvalue weighted by Gasteiger charge is 2.45. The summed E-state index contributed by atoms with van der Waals surface area (Å²) < 4.78 is 0. The number of piperidine rings is 2.